The number of fused-ring (bicyclic) bond motifs is 1. The van der Waals surface area contributed by atoms with Gasteiger partial charge >= 0.3 is 5.97 Å². The van der Waals surface area contributed by atoms with E-state index in [0.717, 1.165) is 16.0 Å². The molecule has 28 heavy (non-hydrogen) atoms. The fourth-order valence-electron chi connectivity index (χ4n) is 2.45. The fraction of sp³-hybridized carbons (Fsp3) is 0.158. The van der Waals surface area contributed by atoms with Crippen LogP contribution in [0.2, 0.25) is 0 Å². The number of non-ortho nitro benzene ring substituents is 1. The Bertz CT molecular complexity index is 1030. The molecule has 0 fully saturated rings. The second kappa shape index (κ2) is 8.49. The molecule has 0 aliphatic rings. The van der Waals surface area contributed by atoms with E-state index in [4.69, 9.17) is 9.47 Å². The van der Waals surface area contributed by atoms with E-state index in [1.54, 1.807) is 30.3 Å². The van der Waals surface area contributed by atoms with Gasteiger partial charge in [0.2, 0.25) is 0 Å². The van der Waals surface area contributed by atoms with Gasteiger partial charge < -0.3 is 14.8 Å². The number of nitro benzene ring substituents is 1. The van der Waals surface area contributed by atoms with Gasteiger partial charge in [-0.25, -0.2) is 4.79 Å². The first-order chi connectivity index (χ1) is 13.5. The van der Waals surface area contributed by atoms with Crippen LogP contribution in [0.25, 0.3) is 10.1 Å². The molecule has 0 saturated carbocycles. The number of nitro groups is 1. The van der Waals surface area contributed by atoms with Crippen LogP contribution in [0.4, 0.5) is 11.4 Å². The van der Waals surface area contributed by atoms with Gasteiger partial charge in [-0.3, -0.25) is 14.9 Å². The predicted octanol–water partition coefficient (Wildman–Crippen LogP) is 4.00. The summed E-state index contributed by atoms with van der Waals surface area (Å²) in [6, 6.07) is 12.7. The number of carbonyl (C=O) groups excluding carboxylic acids is 2. The summed E-state index contributed by atoms with van der Waals surface area (Å²) >= 11 is 1.14. The number of rotatable bonds is 7. The number of esters is 1. The van der Waals surface area contributed by atoms with Crippen LogP contribution < -0.4 is 10.1 Å². The molecule has 0 saturated heterocycles. The molecule has 1 N–H and O–H groups in total. The molecule has 0 bridgehead atoms. The van der Waals surface area contributed by atoms with Crippen molar-refractivity contribution in [1.82, 2.24) is 0 Å². The highest BCUT2D eigenvalue weighted by Gasteiger charge is 2.15. The third-order valence-corrected chi connectivity index (χ3v) is 4.79. The molecular weight excluding hydrogens is 384 g/mol. The van der Waals surface area contributed by atoms with Crippen molar-refractivity contribution in [3.63, 3.8) is 0 Å². The summed E-state index contributed by atoms with van der Waals surface area (Å²) < 4.78 is 11.1. The van der Waals surface area contributed by atoms with E-state index in [-0.39, 0.29) is 10.6 Å². The number of ether oxygens (including phenoxy) is 2. The van der Waals surface area contributed by atoms with Gasteiger partial charge in [-0.2, -0.15) is 0 Å². The number of anilines is 1. The van der Waals surface area contributed by atoms with Crippen LogP contribution in [0.15, 0.2) is 48.5 Å². The van der Waals surface area contributed by atoms with E-state index >= 15 is 0 Å². The molecule has 0 unspecified atom stereocenters. The quantitative estimate of drug-likeness (QED) is 0.365. The van der Waals surface area contributed by atoms with Crippen molar-refractivity contribution >= 4 is 44.7 Å². The zero-order valence-electron chi connectivity index (χ0n) is 14.8. The lowest BCUT2D eigenvalue weighted by atomic mass is 10.2. The lowest BCUT2D eigenvalue weighted by Crippen LogP contribution is -2.20. The number of hydrogen-bond acceptors (Lipinski definition) is 7. The van der Waals surface area contributed by atoms with Crippen molar-refractivity contribution in [3.8, 4) is 5.75 Å². The van der Waals surface area contributed by atoms with Crippen LogP contribution in [0.1, 0.15) is 16.6 Å². The molecule has 0 atom stereocenters. The van der Waals surface area contributed by atoms with Gasteiger partial charge in [0.15, 0.2) is 6.61 Å². The van der Waals surface area contributed by atoms with Gasteiger partial charge in [-0.05, 0) is 43.3 Å². The molecular formula is C19H16N2O6S. The monoisotopic (exact) mass is 400 g/mol. The van der Waals surface area contributed by atoms with Crippen molar-refractivity contribution in [2.45, 2.75) is 6.92 Å². The first-order valence-corrected chi connectivity index (χ1v) is 9.15. The van der Waals surface area contributed by atoms with Gasteiger partial charge in [-0.15, -0.1) is 11.3 Å². The van der Waals surface area contributed by atoms with Crippen molar-refractivity contribution in [3.05, 3.63) is 63.5 Å². The molecule has 2 aromatic carbocycles. The van der Waals surface area contributed by atoms with Crippen molar-refractivity contribution in [2.24, 2.45) is 0 Å². The summed E-state index contributed by atoms with van der Waals surface area (Å²) in [5.41, 5.74) is 0.499. The highest BCUT2D eigenvalue weighted by molar-refractivity contribution is 7.20. The Kier molecular flexibility index (Phi) is 5.85. The average molecular weight is 400 g/mol. The molecule has 3 aromatic rings. The number of benzene rings is 2. The Morgan fingerprint density at radius 3 is 2.57 bits per heavy atom. The maximum absolute atomic E-state index is 12.2. The minimum Gasteiger partial charge on any atom is -0.494 e. The zero-order valence-corrected chi connectivity index (χ0v) is 15.7. The molecule has 144 valence electrons. The van der Waals surface area contributed by atoms with E-state index in [1.165, 1.54) is 18.2 Å². The van der Waals surface area contributed by atoms with E-state index in [2.05, 4.69) is 5.32 Å². The van der Waals surface area contributed by atoms with Crippen LogP contribution in [0, 0.1) is 10.1 Å². The van der Waals surface area contributed by atoms with Crippen LogP contribution >= 0.6 is 11.3 Å². The Hall–Kier alpha value is -3.46. The average Bonchev–Trinajstić information content (AvgIpc) is 3.11. The summed E-state index contributed by atoms with van der Waals surface area (Å²) in [4.78, 5) is 34.7. The summed E-state index contributed by atoms with van der Waals surface area (Å²) in [6.45, 7) is 1.98. The van der Waals surface area contributed by atoms with Gasteiger partial charge in [0, 0.05) is 27.9 Å². The van der Waals surface area contributed by atoms with Crippen molar-refractivity contribution in [1.29, 1.82) is 0 Å². The smallest absolute Gasteiger partial charge is 0.348 e. The summed E-state index contributed by atoms with van der Waals surface area (Å²) in [7, 11) is 0. The SMILES string of the molecule is CCOc1ccc(NC(=O)COC(=O)c2cc3cc([N+](=O)[O-])ccc3s2)cc1. The third-order valence-electron chi connectivity index (χ3n) is 3.70. The molecule has 1 amide bonds. The molecule has 0 aliphatic carbocycles. The molecule has 0 radical (unpaired) electrons. The van der Waals surface area contributed by atoms with E-state index in [0.29, 0.717) is 23.4 Å². The van der Waals surface area contributed by atoms with Crippen LogP contribution in [0.3, 0.4) is 0 Å². The minimum atomic E-state index is -0.661. The highest BCUT2D eigenvalue weighted by Crippen LogP contribution is 2.29. The zero-order chi connectivity index (χ0) is 20.1. The molecule has 8 nitrogen and oxygen atoms in total. The van der Waals surface area contributed by atoms with Crippen molar-refractivity contribution in [2.75, 3.05) is 18.5 Å². The lowest BCUT2D eigenvalue weighted by molar-refractivity contribution is -0.384. The summed E-state index contributed by atoms with van der Waals surface area (Å²) in [5.74, 6) is -0.447. The van der Waals surface area contributed by atoms with E-state index < -0.39 is 23.4 Å². The standard InChI is InChI=1S/C19H16N2O6S/c1-2-26-15-6-3-13(4-7-15)20-18(22)11-27-19(23)17-10-12-9-14(21(24)25)5-8-16(12)28-17/h3-10H,2,11H2,1H3,(H,20,22). The van der Waals surface area contributed by atoms with E-state index in [1.807, 2.05) is 6.92 Å². The molecule has 0 spiro atoms. The fourth-order valence-corrected chi connectivity index (χ4v) is 3.38. The third kappa shape index (κ3) is 4.63. The number of amides is 1. The molecule has 3 rings (SSSR count). The Balaban J connectivity index is 1.57. The van der Waals surface area contributed by atoms with Crippen LogP contribution in [-0.4, -0.2) is 30.0 Å². The molecule has 1 aromatic heterocycles. The van der Waals surface area contributed by atoms with Crippen molar-refractivity contribution < 1.29 is 24.0 Å². The Morgan fingerprint density at radius 1 is 1.14 bits per heavy atom. The Morgan fingerprint density at radius 2 is 1.89 bits per heavy atom. The topological polar surface area (TPSA) is 108 Å². The van der Waals surface area contributed by atoms with Crippen LogP contribution in [-0.2, 0) is 9.53 Å². The summed E-state index contributed by atoms with van der Waals surface area (Å²) in [6.07, 6.45) is 0. The first kappa shape index (κ1) is 19.3. The van der Waals surface area contributed by atoms with E-state index in [9.17, 15) is 19.7 Å². The molecule has 1 heterocycles. The second-order valence-corrected chi connectivity index (χ2v) is 6.76. The maximum Gasteiger partial charge on any atom is 0.348 e. The van der Waals surface area contributed by atoms with Crippen LogP contribution in [0.5, 0.6) is 5.75 Å². The highest BCUT2D eigenvalue weighted by atomic mass is 32.1. The first-order valence-electron chi connectivity index (χ1n) is 8.34. The van der Waals surface area contributed by atoms with Gasteiger partial charge in [0.05, 0.1) is 11.5 Å². The predicted molar refractivity (Wildman–Crippen MR) is 105 cm³/mol. The second-order valence-electron chi connectivity index (χ2n) is 5.67. The number of nitrogens with zero attached hydrogens (tertiary/aromatic N) is 1. The molecule has 0 aliphatic heterocycles. The largest absolute Gasteiger partial charge is 0.494 e. The van der Waals surface area contributed by atoms with Gasteiger partial charge in [0.25, 0.3) is 11.6 Å². The minimum absolute atomic E-state index is 0.0556. The summed E-state index contributed by atoms with van der Waals surface area (Å²) in [5, 5.41) is 14.0. The maximum atomic E-state index is 12.2. The molecule has 9 heteroatoms. The number of carbonyl (C=O) groups is 2. The normalized spacial score (nSPS) is 10.5. The van der Waals surface area contributed by atoms with Gasteiger partial charge in [0.1, 0.15) is 10.6 Å². The lowest BCUT2D eigenvalue weighted by Gasteiger charge is -2.07. The Labute approximate surface area is 163 Å². The number of nitrogens with one attached hydrogen (secondary N) is 1. The number of thiophene rings is 1. The van der Waals surface area contributed by atoms with Gasteiger partial charge in [-0.1, -0.05) is 0 Å². The number of hydrogen-bond donors (Lipinski definition) is 1.